The highest BCUT2D eigenvalue weighted by Crippen LogP contribution is 2.32. The van der Waals surface area contributed by atoms with E-state index in [9.17, 15) is 13.6 Å². The van der Waals surface area contributed by atoms with Crippen LogP contribution in [0.5, 0.6) is 0 Å². The Morgan fingerprint density at radius 3 is 2.42 bits per heavy atom. The average molecular weight is 281 g/mol. The molecule has 2 aromatic rings. The van der Waals surface area contributed by atoms with Crippen molar-refractivity contribution < 1.29 is 13.6 Å². The Morgan fingerprint density at radius 1 is 1.32 bits per heavy atom. The van der Waals surface area contributed by atoms with Crippen molar-refractivity contribution in [3.8, 4) is 0 Å². The SMILES string of the molecule is CC(c1cccs1)N(C)c1c(F)cc(C=O)cc1F. The Kier molecular flexibility index (Phi) is 3.95. The van der Waals surface area contributed by atoms with E-state index < -0.39 is 11.6 Å². The molecule has 0 spiro atoms. The normalized spacial score (nSPS) is 12.2. The molecule has 0 saturated heterocycles. The topological polar surface area (TPSA) is 20.3 Å². The van der Waals surface area contributed by atoms with Gasteiger partial charge in [-0.2, -0.15) is 0 Å². The number of thiophene rings is 1. The van der Waals surface area contributed by atoms with Gasteiger partial charge in [0.2, 0.25) is 0 Å². The number of rotatable bonds is 4. The number of aldehydes is 1. The lowest BCUT2D eigenvalue weighted by molar-refractivity contribution is 0.112. The van der Waals surface area contributed by atoms with Gasteiger partial charge in [0.1, 0.15) is 23.6 Å². The number of hydrogen-bond acceptors (Lipinski definition) is 3. The molecule has 5 heteroatoms. The highest BCUT2D eigenvalue weighted by Gasteiger charge is 2.20. The molecule has 1 heterocycles. The molecule has 0 bridgehead atoms. The van der Waals surface area contributed by atoms with Crippen LogP contribution in [-0.4, -0.2) is 13.3 Å². The quantitative estimate of drug-likeness (QED) is 0.788. The summed E-state index contributed by atoms with van der Waals surface area (Å²) in [5.41, 5.74) is -0.123. The first kappa shape index (κ1) is 13.7. The molecule has 1 aromatic heterocycles. The van der Waals surface area contributed by atoms with E-state index in [0.29, 0.717) is 6.29 Å². The molecular weight excluding hydrogens is 268 g/mol. The van der Waals surface area contributed by atoms with E-state index >= 15 is 0 Å². The third-order valence-electron chi connectivity index (χ3n) is 3.06. The van der Waals surface area contributed by atoms with Crippen LogP contribution in [0, 0.1) is 11.6 Å². The first-order valence-corrected chi connectivity index (χ1v) is 6.63. The second-order valence-electron chi connectivity index (χ2n) is 4.25. The fourth-order valence-corrected chi connectivity index (χ4v) is 2.73. The van der Waals surface area contributed by atoms with Gasteiger partial charge in [0.25, 0.3) is 0 Å². The van der Waals surface area contributed by atoms with Crippen LogP contribution in [0.2, 0.25) is 0 Å². The number of carbonyl (C=O) groups excluding carboxylic acids is 1. The summed E-state index contributed by atoms with van der Waals surface area (Å²) < 4.78 is 27.8. The molecule has 0 aliphatic carbocycles. The first-order valence-electron chi connectivity index (χ1n) is 5.75. The van der Waals surface area contributed by atoms with Gasteiger partial charge in [0, 0.05) is 17.5 Å². The van der Waals surface area contributed by atoms with Gasteiger partial charge in [-0.3, -0.25) is 4.79 Å². The van der Waals surface area contributed by atoms with Crippen molar-refractivity contribution in [1.29, 1.82) is 0 Å². The molecule has 0 saturated carbocycles. The van der Waals surface area contributed by atoms with E-state index in [1.165, 1.54) is 16.2 Å². The van der Waals surface area contributed by atoms with E-state index in [0.717, 1.165) is 17.0 Å². The lowest BCUT2D eigenvalue weighted by Crippen LogP contribution is -2.23. The van der Waals surface area contributed by atoms with Crippen LogP contribution in [0.25, 0.3) is 0 Å². The molecular formula is C14H13F2NOS. The average Bonchev–Trinajstić information content (AvgIpc) is 2.90. The Hall–Kier alpha value is -1.75. The Bertz CT molecular complexity index is 560. The van der Waals surface area contributed by atoms with Crippen molar-refractivity contribution in [1.82, 2.24) is 0 Å². The highest BCUT2D eigenvalue weighted by molar-refractivity contribution is 7.10. The molecule has 1 aromatic carbocycles. The van der Waals surface area contributed by atoms with Crippen LogP contribution in [0.3, 0.4) is 0 Å². The van der Waals surface area contributed by atoms with Crippen molar-refractivity contribution in [2.75, 3.05) is 11.9 Å². The largest absolute Gasteiger partial charge is 0.362 e. The molecule has 2 rings (SSSR count). The molecule has 0 N–H and O–H groups in total. The Labute approximate surface area is 114 Å². The standard InChI is InChI=1S/C14H13F2NOS/c1-9(13-4-3-5-19-13)17(2)14-11(15)6-10(8-18)7-12(14)16/h3-9H,1-2H3. The van der Waals surface area contributed by atoms with Crippen LogP contribution in [0.4, 0.5) is 14.5 Å². The van der Waals surface area contributed by atoms with Gasteiger partial charge in [-0.1, -0.05) is 6.07 Å². The number of hydrogen-bond donors (Lipinski definition) is 0. The zero-order chi connectivity index (χ0) is 14.0. The zero-order valence-electron chi connectivity index (χ0n) is 10.6. The fourth-order valence-electron chi connectivity index (χ4n) is 1.90. The summed E-state index contributed by atoms with van der Waals surface area (Å²) in [5.74, 6) is -1.46. The van der Waals surface area contributed by atoms with Gasteiger partial charge in [0.15, 0.2) is 0 Å². The molecule has 1 atom stereocenters. The van der Waals surface area contributed by atoms with Gasteiger partial charge in [-0.15, -0.1) is 11.3 Å². The van der Waals surface area contributed by atoms with Crippen LogP contribution >= 0.6 is 11.3 Å². The van der Waals surface area contributed by atoms with Gasteiger partial charge < -0.3 is 4.90 Å². The maximum absolute atomic E-state index is 13.9. The van der Waals surface area contributed by atoms with Crippen LogP contribution in [0.15, 0.2) is 29.6 Å². The summed E-state index contributed by atoms with van der Waals surface area (Å²) in [6, 6.07) is 5.76. The summed E-state index contributed by atoms with van der Waals surface area (Å²) in [5, 5.41) is 1.92. The third kappa shape index (κ3) is 2.66. The monoisotopic (exact) mass is 281 g/mol. The minimum absolute atomic E-state index is 0.00377. The summed E-state index contributed by atoms with van der Waals surface area (Å²) in [6.45, 7) is 1.87. The molecule has 0 fully saturated rings. The minimum atomic E-state index is -0.729. The highest BCUT2D eigenvalue weighted by atomic mass is 32.1. The van der Waals surface area contributed by atoms with Gasteiger partial charge >= 0.3 is 0 Å². The summed E-state index contributed by atoms with van der Waals surface area (Å²) in [7, 11) is 1.63. The number of anilines is 1. The molecule has 2 nitrogen and oxygen atoms in total. The van der Waals surface area contributed by atoms with Crippen molar-refractivity contribution >= 4 is 23.3 Å². The maximum atomic E-state index is 13.9. The Morgan fingerprint density at radius 2 is 1.95 bits per heavy atom. The Balaban J connectivity index is 2.39. The lowest BCUT2D eigenvalue weighted by Gasteiger charge is -2.27. The molecule has 0 amide bonds. The lowest BCUT2D eigenvalue weighted by atomic mass is 10.1. The van der Waals surface area contributed by atoms with Crippen LogP contribution in [-0.2, 0) is 0 Å². The smallest absolute Gasteiger partial charge is 0.150 e. The van der Waals surface area contributed by atoms with E-state index in [2.05, 4.69) is 0 Å². The molecule has 0 radical (unpaired) electrons. The van der Waals surface area contributed by atoms with E-state index in [1.54, 1.807) is 7.05 Å². The van der Waals surface area contributed by atoms with Crippen molar-refractivity contribution in [2.45, 2.75) is 13.0 Å². The van der Waals surface area contributed by atoms with Gasteiger partial charge in [-0.25, -0.2) is 8.78 Å². The number of nitrogens with zero attached hydrogens (tertiary/aromatic N) is 1. The zero-order valence-corrected chi connectivity index (χ0v) is 11.4. The second kappa shape index (κ2) is 5.48. The van der Waals surface area contributed by atoms with Crippen molar-refractivity contribution in [3.05, 3.63) is 51.7 Å². The second-order valence-corrected chi connectivity index (χ2v) is 5.23. The van der Waals surface area contributed by atoms with Gasteiger partial charge in [0.05, 0.1) is 6.04 Å². The minimum Gasteiger partial charge on any atom is -0.362 e. The summed E-state index contributed by atoms with van der Waals surface area (Å²) in [6.07, 6.45) is 0.429. The summed E-state index contributed by atoms with van der Waals surface area (Å²) >= 11 is 1.53. The van der Waals surface area contributed by atoms with E-state index in [-0.39, 0.29) is 17.3 Å². The van der Waals surface area contributed by atoms with E-state index in [1.807, 2.05) is 24.4 Å². The third-order valence-corrected chi connectivity index (χ3v) is 4.11. The van der Waals surface area contributed by atoms with Crippen LogP contribution in [0.1, 0.15) is 28.2 Å². The van der Waals surface area contributed by atoms with Crippen LogP contribution < -0.4 is 4.90 Å². The maximum Gasteiger partial charge on any atom is 0.150 e. The molecule has 0 aliphatic rings. The van der Waals surface area contributed by atoms with Crippen molar-refractivity contribution in [2.24, 2.45) is 0 Å². The van der Waals surface area contributed by atoms with Gasteiger partial charge in [-0.05, 0) is 30.5 Å². The molecule has 0 aliphatic heterocycles. The predicted molar refractivity (Wildman–Crippen MR) is 72.9 cm³/mol. The number of benzene rings is 1. The molecule has 1 unspecified atom stereocenters. The number of carbonyl (C=O) groups is 1. The summed E-state index contributed by atoms with van der Waals surface area (Å²) in [4.78, 5) is 13.1. The molecule has 19 heavy (non-hydrogen) atoms. The predicted octanol–water partition coefficient (Wildman–Crippen LogP) is 4.04. The number of halogens is 2. The fraction of sp³-hybridized carbons (Fsp3) is 0.214. The van der Waals surface area contributed by atoms with E-state index in [4.69, 9.17) is 0 Å². The molecule has 100 valence electrons. The van der Waals surface area contributed by atoms with Crippen molar-refractivity contribution in [3.63, 3.8) is 0 Å². The first-order chi connectivity index (χ1) is 9.04.